The van der Waals surface area contributed by atoms with Crippen LogP contribution < -0.4 is 0 Å². The van der Waals surface area contributed by atoms with Gasteiger partial charge in [0.15, 0.2) is 11.5 Å². The monoisotopic (exact) mass is 393 g/mol. The van der Waals surface area contributed by atoms with Crippen molar-refractivity contribution in [3.05, 3.63) is 93.8 Å². The zero-order valence-electron chi connectivity index (χ0n) is 15.1. The molecule has 142 valence electrons. The number of hydrogen-bond donors (Lipinski definition) is 1. The third-order valence-corrected chi connectivity index (χ3v) is 5.67. The van der Waals surface area contributed by atoms with Gasteiger partial charge in [-0.3, -0.25) is 9.59 Å². The van der Waals surface area contributed by atoms with Crippen molar-refractivity contribution >= 4 is 23.0 Å². The van der Waals surface area contributed by atoms with Crippen LogP contribution >= 0.6 is 11.3 Å². The van der Waals surface area contributed by atoms with Crippen LogP contribution in [0.15, 0.2) is 82.0 Å². The maximum absolute atomic E-state index is 13.0. The molecule has 1 amide bonds. The minimum absolute atomic E-state index is 0.118. The SMILES string of the molecule is O=C(CCc1ccccc1)C1=C(O)C(=O)N(Cc2cccs2)C1c1ccco1. The molecule has 1 aromatic carbocycles. The van der Waals surface area contributed by atoms with Crippen LogP contribution in [0.5, 0.6) is 0 Å². The summed E-state index contributed by atoms with van der Waals surface area (Å²) in [7, 11) is 0. The van der Waals surface area contributed by atoms with E-state index in [2.05, 4.69) is 0 Å². The molecule has 3 heterocycles. The summed E-state index contributed by atoms with van der Waals surface area (Å²) in [6.07, 6.45) is 2.26. The quantitative estimate of drug-likeness (QED) is 0.644. The van der Waals surface area contributed by atoms with Gasteiger partial charge in [-0.2, -0.15) is 0 Å². The molecule has 0 saturated heterocycles. The van der Waals surface area contributed by atoms with Gasteiger partial charge in [0.05, 0.1) is 18.4 Å². The van der Waals surface area contributed by atoms with Crippen molar-refractivity contribution in [3.8, 4) is 0 Å². The number of rotatable bonds is 7. The molecule has 0 bridgehead atoms. The third-order valence-electron chi connectivity index (χ3n) is 4.81. The smallest absolute Gasteiger partial charge is 0.290 e. The maximum atomic E-state index is 13.0. The van der Waals surface area contributed by atoms with Crippen molar-refractivity contribution in [2.75, 3.05) is 0 Å². The Bertz CT molecular complexity index is 991. The first-order valence-corrected chi connectivity index (χ1v) is 9.90. The Morgan fingerprint density at radius 3 is 2.61 bits per heavy atom. The van der Waals surface area contributed by atoms with E-state index in [4.69, 9.17) is 4.42 Å². The number of amides is 1. The number of aliphatic hydroxyl groups excluding tert-OH is 1. The van der Waals surface area contributed by atoms with Crippen LogP contribution in [-0.2, 0) is 22.6 Å². The molecule has 1 unspecified atom stereocenters. The van der Waals surface area contributed by atoms with Gasteiger partial charge in [-0.05, 0) is 35.6 Å². The highest BCUT2D eigenvalue weighted by atomic mass is 32.1. The van der Waals surface area contributed by atoms with E-state index < -0.39 is 17.7 Å². The van der Waals surface area contributed by atoms with Crippen LogP contribution in [0.4, 0.5) is 0 Å². The van der Waals surface area contributed by atoms with Crippen LogP contribution in [-0.4, -0.2) is 21.7 Å². The number of thiophene rings is 1. The number of aliphatic hydroxyl groups is 1. The highest BCUT2D eigenvalue weighted by Crippen LogP contribution is 2.39. The number of benzene rings is 1. The van der Waals surface area contributed by atoms with Gasteiger partial charge in [0.25, 0.3) is 5.91 Å². The van der Waals surface area contributed by atoms with E-state index in [0.29, 0.717) is 18.7 Å². The van der Waals surface area contributed by atoms with E-state index in [1.165, 1.54) is 22.5 Å². The molecule has 1 N–H and O–H groups in total. The number of aryl methyl sites for hydroxylation is 1. The Morgan fingerprint density at radius 1 is 1.11 bits per heavy atom. The number of hydrogen-bond acceptors (Lipinski definition) is 5. The summed E-state index contributed by atoms with van der Waals surface area (Å²) in [5.74, 6) is -0.796. The van der Waals surface area contributed by atoms with Gasteiger partial charge in [-0.25, -0.2) is 0 Å². The Labute approximate surface area is 166 Å². The van der Waals surface area contributed by atoms with E-state index in [1.54, 1.807) is 12.1 Å². The number of carbonyl (C=O) groups excluding carboxylic acids is 2. The van der Waals surface area contributed by atoms with E-state index in [-0.39, 0.29) is 17.8 Å². The van der Waals surface area contributed by atoms with Crippen molar-refractivity contribution < 1.29 is 19.1 Å². The number of nitrogens with zero attached hydrogens (tertiary/aromatic N) is 1. The van der Waals surface area contributed by atoms with Crippen LogP contribution in [0, 0.1) is 0 Å². The van der Waals surface area contributed by atoms with E-state index in [1.807, 2.05) is 47.8 Å². The number of furan rings is 1. The average Bonchev–Trinajstić information content (AvgIpc) is 3.46. The molecule has 6 heteroatoms. The van der Waals surface area contributed by atoms with Gasteiger partial charge >= 0.3 is 0 Å². The molecular weight excluding hydrogens is 374 g/mol. The minimum Gasteiger partial charge on any atom is -0.503 e. The average molecular weight is 393 g/mol. The first kappa shape index (κ1) is 18.3. The molecule has 2 aromatic heterocycles. The van der Waals surface area contributed by atoms with Gasteiger partial charge in [0.2, 0.25) is 0 Å². The van der Waals surface area contributed by atoms with Crippen LogP contribution in [0.2, 0.25) is 0 Å². The molecule has 1 aliphatic heterocycles. The van der Waals surface area contributed by atoms with Crippen molar-refractivity contribution in [2.24, 2.45) is 0 Å². The van der Waals surface area contributed by atoms with Crippen LogP contribution in [0.25, 0.3) is 0 Å². The predicted octanol–water partition coefficient (Wildman–Crippen LogP) is 4.44. The topological polar surface area (TPSA) is 70.8 Å². The van der Waals surface area contributed by atoms with Gasteiger partial charge in [-0.15, -0.1) is 11.3 Å². The largest absolute Gasteiger partial charge is 0.503 e. The zero-order chi connectivity index (χ0) is 19.5. The van der Waals surface area contributed by atoms with Crippen molar-refractivity contribution in [1.29, 1.82) is 0 Å². The summed E-state index contributed by atoms with van der Waals surface area (Å²) >= 11 is 1.52. The van der Waals surface area contributed by atoms with Gasteiger partial charge in [0.1, 0.15) is 11.8 Å². The molecule has 0 aliphatic carbocycles. The lowest BCUT2D eigenvalue weighted by molar-refractivity contribution is -0.130. The van der Waals surface area contributed by atoms with Gasteiger partial charge < -0.3 is 14.4 Å². The molecule has 5 nitrogen and oxygen atoms in total. The standard InChI is InChI=1S/C22H19NO4S/c24-17(11-10-15-6-2-1-3-7-15)19-20(18-9-4-12-27-18)23(22(26)21(19)25)14-16-8-5-13-28-16/h1-9,12-13,20,25H,10-11,14H2. The lowest BCUT2D eigenvalue weighted by atomic mass is 9.96. The molecule has 0 fully saturated rings. The second-order valence-corrected chi connectivity index (χ2v) is 7.63. The maximum Gasteiger partial charge on any atom is 0.290 e. The third kappa shape index (κ3) is 3.51. The first-order valence-electron chi connectivity index (χ1n) is 9.02. The fourth-order valence-electron chi connectivity index (χ4n) is 3.45. The first-order chi connectivity index (χ1) is 13.6. The second-order valence-electron chi connectivity index (χ2n) is 6.60. The molecule has 1 atom stereocenters. The number of carbonyl (C=O) groups is 2. The summed E-state index contributed by atoms with van der Waals surface area (Å²) in [5.41, 5.74) is 1.15. The zero-order valence-corrected chi connectivity index (χ0v) is 15.9. The Hall–Kier alpha value is -3.12. The number of Topliss-reactive ketones (excluding diaryl/α,β-unsaturated/α-hetero) is 1. The fraction of sp³-hybridized carbons (Fsp3) is 0.182. The summed E-state index contributed by atoms with van der Waals surface area (Å²) in [6, 6.07) is 16.2. The Morgan fingerprint density at radius 2 is 1.93 bits per heavy atom. The predicted molar refractivity (Wildman–Crippen MR) is 106 cm³/mol. The Balaban J connectivity index is 1.61. The van der Waals surface area contributed by atoms with Gasteiger partial charge in [0, 0.05) is 11.3 Å². The summed E-state index contributed by atoms with van der Waals surface area (Å²) in [6.45, 7) is 0.307. The van der Waals surface area contributed by atoms with Crippen molar-refractivity contribution in [1.82, 2.24) is 4.90 Å². The molecule has 1 aliphatic rings. The van der Waals surface area contributed by atoms with Gasteiger partial charge in [-0.1, -0.05) is 36.4 Å². The molecule has 3 aromatic rings. The molecular formula is C22H19NO4S. The summed E-state index contributed by atoms with van der Waals surface area (Å²) in [5, 5.41) is 12.5. The molecule has 0 radical (unpaired) electrons. The second kappa shape index (κ2) is 7.86. The van der Waals surface area contributed by atoms with Crippen molar-refractivity contribution in [2.45, 2.75) is 25.4 Å². The normalized spacial score (nSPS) is 16.8. The lowest BCUT2D eigenvalue weighted by Gasteiger charge is -2.24. The highest BCUT2D eigenvalue weighted by Gasteiger charge is 2.44. The summed E-state index contributed by atoms with van der Waals surface area (Å²) in [4.78, 5) is 28.2. The minimum atomic E-state index is -0.715. The Kier molecular flexibility index (Phi) is 5.12. The molecule has 0 spiro atoms. The summed E-state index contributed by atoms with van der Waals surface area (Å²) < 4.78 is 5.52. The molecule has 4 rings (SSSR count). The van der Waals surface area contributed by atoms with E-state index in [0.717, 1.165) is 10.4 Å². The van der Waals surface area contributed by atoms with Crippen LogP contribution in [0.3, 0.4) is 0 Å². The van der Waals surface area contributed by atoms with Crippen LogP contribution in [0.1, 0.15) is 28.7 Å². The fourth-order valence-corrected chi connectivity index (χ4v) is 4.15. The molecule has 0 saturated carbocycles. The van der Waals surface area contributed by atoms with E-state index >= 15 is 0 Å². The van der Waals surface area contributed by atoms with Crippen molar-refractivity contribution in [3.63, 3.8) is 0 Å². The lowest BCUT2D eigenvalue weighted by Crippen LogP contribution is -2.30. The van der Waals surface area contributed by atoms with E-state index in [9.17, 15) is 14.7 Å². The number of ketones is 1. The highest BCUT2D eigenvalue weighted by molar-refractivity contribution is 7.09. The molecule has 28 heavy (non-hydrogen) atoms.